The maximum Gasteiger partial charge on any atom is 0.129 e. The number of likely N-dealkylation sites (N-methyl/N-ethyl adjacent to an activating group) is 1. The summed E-state index contributed by atoms with van der Waals surface area (Å²) in [4.78, 5) is 9.69. The molecule has 21 heavy (non-hydrogen) atoms. The van der Waals surface area contributed by atoms with Crippen LogP contribution >= 0.6 is 0 Å². The zero-order valence-corrected chi connectivity index (χ0v) is 14.2. The van der Waals surface area contributed by atoms with Crippen LogP contribution in [0.2, 0.25) is 0 Å². The number of aromatic nitrogens is 1. The first kappa shape index (κ1) is 16.2. The molecule has 1 aromatic heterocycles. The number of pyridine rings is 1. The molecule has 2 rings (SSSR count). The van der Waals surface area contributed by atoms with Gasteiger partial charge in [-0.1, -0.05) is 20.3 Å². The van der Waals surface area contributed by atoms with Crippen LogP contribution in [0, 0.1) is 5.92 Å². The van der Waals surface area contributed by atoms with E-state index in [2.05, 4.69) is 55.2 Å². The van der Waals surface area contributed by atoms with Crippen molar-refractivity contribution in [3.63, 3.8) is 0 Å². The van der Waals surface area contributed by atoms with Gasteiger partial charge in [-0.15, -0.1) is 0 Å². The Balaban J connectivity index is 2.22. The van der Waals surface area contributed by atoms with Crippen molar-refractivity contribution in [1.29, 1.82) is 0 Å². The Hall–Kier alpha value is -1.13. The Morgan fingerprint density at radius 3 is 2.67 bits per heavy atom. The van der Waals surface area contributed by atoms with E-state index in [0.717, 1.165) is 38.3 Å². The summed E-state index contributed by atoms with van der Waals surface area (Å²) in [7, 11) is 6.36. The molecule has 0 saturated carbocycles. The molecule has 0 aromatic carbocycles. The first-order chi connectivity index (χ1) is 10.0. The van der Waals surface area contributed by atoms with Gasteiger partial charge in [0, 0.05) is 31.4 Å². The third-order valence-corrected chi connectivity index (χ3v) is 4.37. The van der Waals surface area contributed by atoms with E-state index < -0.39 is 0 Å². The van der Waals surface area contributed by atoms with Gasteiger partial charge in [0.15, 0.2) is 0 Å². The van der Waals surface area contributed by atoms with Crippen molar-refractivity contribution < 1.29 is 0 Å². The molecular formula is C17H30N4. The van der Waals surface area contributed by atoms with Crippen LogP contribution in [0.3, 0.4) is 0 Å². The fourth-order valence-electron chi connectivity index (χ4n) is 3.29. The molecule has 118 valence electrons. The van der Waals surface area contributed by atoms with Gasteiger partial charge < -0.3 is 15.1 Å². The first-order valence-corrected chi connectivity index (χ1v) is 8.11. The molecule has 0 aliphatic carbocycles. The number of anilines is 1. The van der Waals surface area contributed by atoms with Gasteiger partial charge in [0.1, 0.15) is 5.82 Å². The van der Waals surface area contributed by atoms with Crippen molar-refractivity contribution in [3.05, 3.63) is 23.4 Å². The number of aryl methyl sites for hydroxylation is 1. The molecular weight excluding hydrogens is 260 g/mol. The minimum atomic E-state index is 0.620. The highest BCUT2D eigenvalue weighted by atomic mass is 15.3. The SMILES string of the molecule is CCCc1cc(CNC)cc(N2CC(C)C(N(C)C)C2)n1. The van der Waals surface area contributed by atoms with Gasteiger partial charge in [-0.3, -0.25) is 0 Å². The van der Waals surface area contributed by atoms with Gasteiger partial charge in [-0.05, 0) is 51.2 Å². The lowest BCUT2D eigenvalue weighted by atomic mass is 10.1. The molecule has 0 spiro atoms. The summed E-state index contributed by atoms with van der Waals surface area (Å²) in [5, 5.41) is 3.25. The van der Waals surface area contributed by atoms with Crippen molar-refractivity contribution >= 4 is 5.82 Å². The molecule has 2 heterocycles. The van der Waals surface area contributed by atoms with Gasteiger partial charge in [-0.2, -0.15) is 0 Å². The molecule has 0 radical (unpaired) electrons. The van der Waals surface area contributed by atoms with Crippen molar-refractivity contribution in [3.8, 4) is 0 Å². The van der Waals surface area contributed by atoms with E-state index in [1.807, 2.05) is 7.05 Å². The Kier molecular flexibility index (Phi) is 5.59. The quantitative estimate of drug-likeness (QED) is 0.870. The van der Waals surface area contributed by atoms with Gasteiger partial charge in [-0.25, -0.2) is 4.98 Å². The predicted octanol–water partition coefficient (Wildman–Crippen LogP) is 2.14. The van der Waals surface area contributed by atoms with Gasteiger partial charge in [0.25, 0.3) is 0 Å². The van der Waals surface area contributed by atoms with Crippen LogP contribution in [-0.4, -0.2) is 50.2 Å². The summed E-state index contributed by atoms with van der Waals surface area (Å²) in [5.74, 6) is 1.84. The van der Waals surface area contributed by atoms with Crippen molar-refractivity contribution in [2.75, 3.05) is 39.1 Å². The molecule has 2 unspecified atom stereocenters. The minimum absolute atomic E-state index is 0.620. The molecule has 0 bridgehead atoms. The van der Waals surface area contributed by atoms with Crippen LogP contribution < -0.4 is 10.2 Å². The second-order valence-electron chi connectivity index (χ2n) is 6.52. The van der Waals surface area contributed by atoms with E-state index in [-0.39, 0.29) is 0 Å². The first-order valence-electron chi connectivity index (χ1n) is 8.11. The number of nitrogens with one attached hydrogen (secondary N) is 1. The third kappa shape index (κ3) is 3.95. The maximum absolute atomic E-state index is 4.90. The number of nitrogens with zero attached hydrogens (tertiary/aromatic N) is 3. The van der Waals surface area contributed by atoms with E-state index >= 15 is 0 Å². The summed E-state index contributed by atoms with van der Waals surface area (Å²) in [6, 6.07) is 5.11. The Bertz CT molecular complexity index is 434. The molecule has 0 amide bonds. The second kappa shape index (κ2) is 7.23. The lowest BCUT2D eigenvalue weighted by Crippen LogP contribution is -2.34. The third-order valence-electron chi connectivity index (χ3n) is 4.37. The fraction of sp³-hybridized carbons (Fsp3) is 0.706. The molecule has 2 atom stereocenters. The normalized spacial score (nSPS) is 22.3. The van der Waals surface area contributed by atoms with Crippen LogP contribution in [0.4, 0.5) is 5.82 Å². The standard InChI is InChI=1S/C17H30N4/c1-6-7-15-8-14(10-18-3)9-17(19-15)21-11-13(2)16(12-21)20(4)5/h8-9,13,16,18H,6-7,10-12H2,1-5H3. The number of hydrogen-bond donors (Lipinski definition) is 1. The number of hydrogen-bond acceptors (Lipinski definition) is 4. The van der Waals surface area contributed by atoms with Gasteiger partial charge >= 0.3 is 0 Å². The molecule has 1 aromatic rings. The highest BCUT2D eigenvalue weighted by Gasteiger charge is 2.31. The molecule has 1 N–H and O–H groups in total. The Labute approximate surface area is 129 Å². The van der Waals surface area contributed by atoms with Crippen LogP contribution in [0.25, 0.3) is 0 Å². The van der Waals surface area contributed by atoms with Crippen LogP contribution in [-0.2, 0) is 13.0 Å². The van der Waals surface area contributed by atoms with Gasteiger partial charge in [0.05, 0.1) is 0 Å². The van der Waals surface area contributed by atoms with Crippen molar-refractivity contribution in [2.45, 2.75) is 39.3 Å². The van der Waals surface area contributed by atoms with Gasteiger partial charge in [0.2, 0.25) is 0 Å². The fourth-order valence-corrected chi connectivity index (χ4v) is 3.29. The maximum atomic E-state index is 4.90. The average Bonchev–Trinajstić information content (AvgIpc) is 2.81. The predicted molar refractivity (Wildman–Crippen MR) is 89.8 cm³/mol. The highest BCUT2D eigenvalue weighted by molar-refractivity contribution is 5.44. The van der Waals surface area contributed by atoms with E-state index in [1.165, 1.54) is 11.3 Å². The van der Waals surface area contributed by atoms with Crippen LogP contribution in [0.5, 0.6) is 0 Å². The van der Waals surface area contributed by atoms with Crippen molar-refractivity contribution in [1.82, 2.24) is 15.2 Å². The summed E-state index contributed by atoms with van der Waals surface area (Å²) < 4.78 is 0. The topological polar surface area (TPSA) is 31.4 Å². The van der Waals surface area contributed by atoms with Crippen molar-refractivity contribution in [2.24, 2.45) is 5.92 Å². The molecule has 1 aliphatic heterocycles. The zero-order chi connectivity index (χ0) is 15.4. The molecule has 4 nitrogen and oxygen atoms in total. The lowest BCUT2D eigenvalue weighted by Gasteiger charge is -2.23. The molecule has 4 heteroatoms. The summed E-state index contributed by atoms with van der Waals surface area (Å²) in [6.45, 7) is 7.65. The minimum Gasteiger partial charge on any atom is -0.355 e. The summed E-state index contributed by atoms with van der Waals surface area (Å²) in [5.41, 5.74) is 2.56. The van der Waals surface area contributed by atoms with Crippen LogP contribution in [0.15, 0.2) is 12.1 Å². The molecule has 1 saturated heterocycles. The van der Waals surface area contributed by atoms with E-state index in [0.29, 0.717) is 12.0 Å². The monoisotopic (exact) mass is 290 g/mol. The van der Waals surface area contributed by atoms with Crippen LogP contribution in [0.1, 0.15) is 31.5 Å². The van der Waals surface area contributed by atoms with E-state index in [9.17, 15) is 0 Å². The lowest BCUT2D eigenvalue weighted by molar-refractivity contribution is 0.266. The Morgan fingerprint density at radius 2 is 2.10 bits per heavy atom. The summed E-state index contributed by atoms with van der Waals surface area (Å²) in [6.07, 6.45) is 2.21. The highest BCUT2D eigenvalue weighted by Crippen LogP contribution is 2.26. The number of rotatable bonds is 6. The average molecular weight is 290 g/mol. The summed E-state index contributed by atoms with van der Waals surface area (Å²) >= 11 is 0. The smallest absolute Gasteiger partial charge is 0.129 e. The second-order valence-corrected chi connectivity index (χ2v) is 6.52. The Morgan fingerprint density at radius 1 is 1.33 bits per heavy atom. The molecule has 1 aliphatic rings. The van der Waals surface area contributed by atoms with E-state index in [1.54, 1.807) is 0 Å². The molecule has 1 fully saturated rings. The largest absolute Gasteiger partial charge is 0.355 e. The zero-order valence-electron chi connectivity index (χ0n) is 14.2. The van der Waals surface area contributed by atoms with E-state index in [4.69, 9.17) is 4.98 Å².